The number of nitriles is 2. The lowest BCUT2D eigenvalue weighted by molar-refractivity contribution is 0.460. The van der Waals surface area contributed by atoms with Crippen LogP contribution in [0.2, 0.25) is 0 Å². The molecule has 2 aromatic rings. The molecule has 0 aliphatic heterocycles. The molecule has 0 spiro atoms. The van der Waals surface area contributed by atoms with Crippen LogP contribution in [-0.2, 0) is 6.54 Å². The van der Waals surface area contributed by atoms with E-state index in [-0.39, 0.29) is 24.3 Å². The van der Waals surface area contributed by atoms with E-state index < -0.39 is 5.92 Å². The van der Waals surface area contributed by atoms with E-state index in [0.717, 1.165) is 0 Å². The predicted molar refractivity (Wildman–Crippen MR) is 77.8 cm³/mol. The van der Waals surface area contributed by atoms with Gasteiger partial charge in [0.2, 0.25) is 0 Å². The maximum Gasteiger partial charge on any atom is 0.266 e. The fourth-order valence-electron chi connectivity index (χ4n) is 2.00. The summed E-state index contributed by atoms with van der Waals surface area (Å²) >= 11 is 0. The Balaban J connectivity index is 2.27. The number of rotatable bonds is 5. The maximum atomic E-state index is 12.9. The van der Waals surface area contributed by atoms with Gasteiger partial charge in [-0.3, -0.25) is 4.79 Å². The SMILES string of the molecule is N#CCC[C@@H](C#N)Cn1nc(-c2ccc(F)cc2)ccc1=O. The Bertz CT molecular complexity index is 784. The molecule has 0 saturated carbocycles. The maximum absolute atomic E-state index is 12.9. The minimum Gasteiger partial charge on any atom is -0.268 e. The smallest absolute Gasteiger partial charge is 0.266 e. The van der Waals surface area contributed by atoms with E-state index in [9.17, 15) is 9.18 Å². The molecule has 6 heteroatoms. The Kier molecular flexibility index (Phi) is 5.00. The highest BCUT2D eigenvalue weighted by molar-refractivity contribution is 5.57. The van der Waals surface area contributed by atoms with E-state index in [0.29, 0.717) is 17.7 Å². The van der Waals surface area contributed by atoms with Gasteiger partial charge in [-0.25, -0.2) is 9.07 Å². The van der Waals surface area contributed by atoms with Crippen LogP contribution in [0.4, 0.5) is 4.39 Å². The van der Waals surface area contributed by atoms with E-state index in [1.807, 2.05) is 6.07 Å². The van der Waals surface area contributed by atoms with Crippen LogP contribution in [0.25, 0.3) is 11.3 Å². The fourth-order valence-corrected chi connectivity index (χ4v) is 2.00. The monoisotopic (exact) mass is 296 g/mol. The van der Waals surface area contributed by atoms with Gasteiger partial charge in [0.15, 0.2) is 0 Å². The molecule has 1 heterocycles. The van der Waals surface area contributed by atoms with Crippen LogP contribution >= 0.6 is 0 Å². The van der Waals surface area contributed by atoms with Crippen molar-refractivity contribution in [3.63, 3.8) is 0 Å². The normalized spacial score (nSPS) is 11.4. The average Bonchev–Trinajstić information content (AvgIpc) is 2.54. The Labute approximate surface area is 126 Å². The van der Waals surface area contributed by atoms with Crippen LogP contribution in [0.15, 0.2) is 41.2 Å². The Morgan fingerprint density at radius 3 is 2.55 bits per heavy atom. The number of aromatic nitrogens is 2. The molecule has 0 N–H and O–H groups in total. The standard InChI is InChI=1S/C16H13FN4O/c17-14-5-3-13(4-6-14)15-7-8-16(22)21(20-15)11-12(10-19)2-1-9-18/h3-8,12H,1-2,11H2/t12-/m0/s1. The lowest BCUT2D eigenvalue weighted by Crippen LogP contribution is -2.25. The van der Waals surface area contributed by atoms with E-state index >= 15 is 0 Å². The highest BCUT2D eigenvalue weighted by Gasteiger charge is 2.11. The third-order valence-corrected chi connectivity index (χ3v) is 3.19. The molecule has 22 heavy (non-hydrogen) atoms. The summed E-state index contributed by atoms with van der Waals surface area (Å²) in [5.41, 5.74) is 0.889. The molecule has 0 aliphatic rings. The molecule has 2 rings (SSSR count). The summed E-state index contributed by atoms with van der Waals surface area (Å²) in [5.74, 6) is -0.800. The van der Waals surface area contributed by atoms with Gasteiger partial charge in [0.1, 0.15) is 5.82 Å². The van der Waals surface area contributed by atoms with Crippen molar-refractivity contribution in [2.75, 3.05) is 0 Å². The van der Waals surface area contributed by atoms with Crippen LogP contribution in [0.5, 0.6) is 0 Å². The lowest BCUT2D eigenvalue weighted by atomic mass is 10.1. The zero-order chi connectivity index (χ0) is 15.9. The molecule has 1 atom stereocenters. The number of halogens is 1. The number of hydrogen-bond acceptors (Lipinski definition) is 4. The zero-order valence-electron chi connectivity index (χ0n) is 11.7. The molecule has 0 amide bonds. The second kappa shape index (κ2) is 7.14. The van der Waals surface area contributed by atoms with Gasteiger partial charge in [-0.05, 0) is 36.8 Å². The fraction of sp³-hybridized carbons (Fsp3) is 0.250. The first-order chi connectivity index (χ1) is 10.6. The molecule has 5 nitrogen and oxygen atoms in total. The number of nitrogens with zero attached hydrogens (tertiary/aromatic N) is 4. The zero-order valence-corrected chi connectivity index (χ0v) is 11.7. The van der Waals surface area contributed by atoms with Crippen molar-refractivity contribution < 1.29 is 4.39 Å². The van der Waals surface area contributed by atoms with Crippen molar-refractivity contribution in [2.45, 2.75) is 19.4 Å². The third-order valence-electron chi connectivity index (χ3n) is 3.19. The van der Waals surface area contributed by atoms with Gasteiger partial charge in [0.05, 0.1) is 30.3 Å². The Morgan fingerprint density at radius 2 is 1.91 bits per heavy atom. The van der Waals surface area contributed by atoms with Crippen molar-refractivity contribution in [1.82, 2.24) is 9.78 Å². The molecule has 0 unspecified atom stereocenters. The molecule has 0 aliphatic carbocycles. The average molecular weight is 296 g/mol. The second-order valence-corrected chi connectivity index (χ2v) is 4.77. The van der Waals surface area contributed by atoms with E-state index in [4.69, 9.17) is 10.5 Å². The Morgan fingerprint density at radius 1 is 1.18 bits per heavy atom. The first-order valence-electron chi connectivity index (χ1n) is 6.74. The summed E-state index contributed by atoms with van der Waals surface area (Å²) in [6.07, 6.45) is 0.645. The molecule has 0 bridgehead atoms. The number of benzene rings is 1. The summed E-state index contributed by atoms with van der Waals surface area (Å²) in [6.45, 7) is 0.131. The molecule has 0 fully saturated rings. The summed E-state index contributed by atoms with van der Waals surface area (Å²) in [6, 6.07) is 12.8. The van der Waals surface area contributed by atoms with Crippen molar-refractivity contribution in [2.24, 2.45) is 5.92 Å². The largest absolute Gasteiger partial charge is 0.268 e. The van der Waals surface area contributed by atoms with Gasteiger partial charge in [-0.1, -0.05) is 0 Å². The predicted octanol–water partition coefficient (Wildman–Crippen LogP) is 2.49. The van der Waals surface area contributed by atoms with E-state index in [1.165, 1.54) is 22.9 Å². The van der Waals surface area contributed by atoms with Crippen molar-refractivity contribution in [3.05, 3.63) is 52.6 Å². The van der Waals surface area contributed by atoms with Crippen LogP contribution in [0, 0.1) is 34.4 Å². The quantitative estimate of drug-likeness (QED) is 0.848. The Hall–Kier alpha value is -2.99. The minimum atomic E-state index is -0.451. The molecule has 1 aromatic heterocycles. The van der Waals surface area contributed by atoms with Gasteiger partial charge >= 0.3 is 0 Å². The van der Waals surface area contributed by atoms with Crippen molar-refractivity contribution in [1.29, 1.82) is 10.5 Å². The van der Waals surface area contributed by atoms with Crippen LogP contribution < -0.4 is 5.56 Å². The van der Waals surface area contributed by atoms with Crippen molar-refractivity contribution in [3.8, 4) is 23.4 Å². The van der Waals surface area contributed by atoms with Crippen LogP contribution in [-0.4, -0.2) is 9.78 Å². The summed E-state index contributed by atoms with van der Waals surface area (Å²) in [5, 5.41) is 21.9. The second-order valence-electron chi connectivity index (χ2n) is 4.77. The van der Waals surface area contributed by atoms with Gasteiger partial charge < -0.3 is 0 Å². The highest BCUT2D eigenvalue weighted by Crippen LogP contribution is 2.16. The third kappa shape index (κ3) is 3.77. The summed E-state index contributed by atoms with van der Waals surface area (Å²) in [7, 11) is 0. The molecular formula is C16H13FN4O. The first kappa shape index (κ1) is 15.4. The highest BCUT2D eigenvalue weighted by atomic mass is 19.1. The molecule has 1 aromatic carbocycles. The van der Waals surface area contributed by atoms with Gasteiger partial charge in [-0.2, -0.15) is 15.6 Å². The van der Waals surface area contributed by atoms with Gasteiger partial charge in [0.25, 0.3) is 5.56 Å². The summed E-state index contributed by atoms with van der Waals surface area (Å²) in [4.78, 5) is 11.8. The lowest BCUT2D eigenvalue weighted by Gasteiger charge is -2.10. The number of hydrogen-bond donors (Lipinski definition) is 0. The van der Waals surface area contributed by atoms with E-state index in [2.05, 4.69) is 11.2 Å². The molecule has 0 radical (unpaired) electrons. The van der Waals surface area contributed by atoms with Gasteiger partial charge in [-0.15, -0.1) is 0 Å². The molecular weight excluding hydrogens is 283 g/mol. The van der Waals surface area contributed by atoms with E-state index in [1.54, 1.807) is 18.2 Å². The van der Waals surface area contributed by atoms with Crippen molar-refractivity contribution >= 4 is 0 Å². The topological polar surface area (TPSA) is 82.5 Å². The minimum absolute atomic E-state index is 0.131. The summed E-state index contributed by atoms with van der Waals surface area (Å²) < 4.78 is 14.2. The van der Waals surface area contributed by atoms with Crippen LogP contribution in [0.1, 0.15) is 12.8 Å². The first-order valence-corrected chi connectivity index (χ1v) is 6.74. The molecule has 110 valence electrons. The van der Waals surface area contributed by atoms with Gasteiger partial charge in [0, 0.05) is 18.1 Å². The van der Waals surface area contributed by atoms with Crippen LogP contribution in [0.3, 0.4) is 0 Å². The molecule has 0 saturated heterocycles.